The first-order chi connectivity index (χ1) is 29.0. The fourth-order valence-corrected chi connectivity index (χ4v) is 9.60. The number of hydrogen-bond acceptors (Lipinski definition) is 3. The highest BCUT2D eigenvalue weighted by molar-refractivity contribution is 6.15. The van der Waals surface area contributed by atoms with Crippen molar-refractivity contribution in [2.75, 3.05) is 0 Å². The molecular weight excluding hydrogens is 719 g/mol. The normalized spacial score (nSPS) is 13.1. The highest BCUT2D eigenvalue weighted by Gasteiger charge is 2.37. The molecule has 0 saturated carbocycles. The fourth-order valence-electron chi connectivity index (χ4n) is 9.60. The zero-order valence-electron chi connectivity index (χ0n) is 32.6. The van der Waals surface area contributed by atoms with E-state index in [1.807, 2.05) is 6.07 Å². The van der Waals surface area contributed by atoms with E-state index in [2.05, 4.69) is 205 Å². The van der Waals surface area contributed by atoms with Crippen molar-refractivity contribution >= 4 is 43.6 Å². The van der Waals surface area contributed by atoms with Gasteiger partial charge in [-0.15, -0.1) is 0 Å². The average Bonchev–Trinajstić information content (AvgIpc) is 3.90. The van der Waals surface area contributed by atoms with Crippen LogP contribution in [0, 0.1) is 0 Å². The minimum Gasteiger partial charge on any atom is -0.309 e. The molecule has 5 heteroatoms. The van der Waals surface area contributed by atoms with Crippen LogP contribution in [-0.2, 0) is 5.41 Å². The van der Waals surface area contributed by atoms with Gasteiger partial charge in [-0.3, -0.25) is 4.57 Å². The predicted molar refractivity (Wildman–Crippen MR) is 242 cm³/mol. The van der Waals surface area contributed by atoms with E-state index < -0.39 is 0 Å². The summed E-state index contributed by atoms with van der Waals surface area (Å²) in [5.74, 6) is 1.81. The highest BCUT2D eigenvalue weighted by atomic mass is 15.2. The summed E-state index contributed by atoms with van der Waals surface area (Å²) >= 11 is 0. The lowest BCUT2D eigenvalue weighted by Crippen LogP contribution is -2.14. The van der Waals surface area contributed by atoms with E-state index in [1.54, 1.807) is 0 Å². The molecule has 3 aromatic heterocycles. The second-order valence-corrected chi connectivity index (χ2v) is 16.1. The molecule has 1 aliphatic rings. The summed E-state index contributed by atoms with van der Waals surface area (Å²) in [4.78, 5) is 16.1. The molecule has 0 N–H and O–H groups in total. The number of nitrogens with zero attached hydrogens (tertiary/aromatic N) is 5. The lowest BCUT2D eigenvalue weighted by atomic mass is 9.82. The Bertz CT molecular complexity index is 3410. The van der Waals surface area contributed by atoms with E-state index in [0.717, 1.165) is 49.8 Å². The number of hydrogen-bond donors (Lipinski definition) is 0. The summed E-state index contributed by atoms with van der Waals surface area (Å²) in [6.45, 7) is 4.66. The Morgan fingerprint density at radius 3 is 1.64 bits per heavy atom. The Balaban J connectivity index is 1.12. The van der Waals surface area contributed by atoms with Gasteiger partial charge in [0.15, 0.2) is 11.6 Å². The minimum absolute atomic E-state index is 0.162. The van der Waals surface area contributed by atoms with Crippen molar-refractivity contribution < 1.29 is 0 Å². The molecule has 0 fully saturated rings. The molecule has 0 saturated heterocycles. The van der Waals surface area contributed by atoms with Crippen molar-refractivity contribution in [3.63, 3.8) is 0 Å². The molecule has 11 aromatic rings. The molecule has 278 valence electrons. The van der Waals surface area contributed by atoms with Gasteiger partial charge in [0.2, 0.25) is 5.95 Å². The van der Waals surface area contributed by atoms with Gasteiger partial charge >= 0.3 is 0 Å². The maximum Gasteiger partial charge on any atom is 0.238 e. The van der Waals surface area contributed by atoms with Gasteiger partial charge in [0.25, 0.3) is 0 Å². The third kappa shape index (κ3) is 5.01. The number of rotatable bonds is 5. The van der Waals surface area contributed by atoms with Crippen LogP contribution >= 0.6 is 0 Å². The molecule has 0 aliphatic heterocycles. The van der Waals surface area contributed by atoms with Crippen LogP contribution in [0.1, 0.15) is 25.0 Å². The van der Waals surface area contributed by atoms with Gasteiger partial charge in [-0.05, 0) is 58.1 Å². The Hall–Kier alpha value is -7.63. The van der Waals surface area contributed by atoms with Crippen LogP contribution in [0.4, 0.5) is 0 Å². The molecule has 0 atom stereocenters. The quantitative estimate of drug-likeness (QED) is 0.176. The summed E-state index contributed by atoms with van der Waals surface area (Å²) in [6, 6.07) is 67.0. The summed E-state index contributed by atoms with van der Waals surface area (Å²) in [5.41, 5.74) is 14.6. The zero-order valence-corrected chi connectivity index (χ0v) is 32.6. The molecule has 12 rings (SSSR count). The van der Waals surface area contributed by atoms with E-state index in [1.165, 1.54) is 44.0 Å². The first-order valence-corrected chi connectivity index (χ1v) is 20.2. The van der Waals surface area contributed by atoms with Gasteiger partial charge < -0.3 is 4.57 Å². The molecule has 3 heterocycles. The molecule has 1 aliphatic carbocycles. The Morgan fingerprint density at radius 2 is 0.932 bits per heavy atom. The first kappa shape index (κ1) is 33.5. The summed E-state index contributed by atoms with van der Waals surface area (Å²) < 4.78 is 4.63. The standard InChI is InChI=1S/C54H37N5/c1-54(2)44-23-10-6-22-43(44)49-45(54)32-31-42-41-21-9-13-26-48(41)59(50(42)49)53-56-51(36-29-27-35(28-30-36)34-15-4-3-5-16-34)55-52(57-53)37-17-14-18-38(33-37)58-46-24-11-7-19-39(46)40-20-8-12-25-47(40)58/h3-33H,1-2H3. The van der Waals surface area contributed by atoms with E-state index in [4.69, 9.17) is 15.0 Å². The predicted octanol–water partition coefficient (Wildman–Crippen LogP) is 13.4. The molecule has 8 aromatic carbocycles. The van der Waals surface area contributed by atoms with Gasteiger partial charge in [-0.25, -0.2) is 4.98 Å². The lowest BCUT2D eigenvalue weighted by molar-refractivity contribution is 0.660. The lowest BCUT2D eigenvalue weighted by Gasteiger charge is -2.21. The van der Waals surface area contributed by atoms with Gasteiger partial charge in [0.05, 0.1) is 22.1 Å². The number of benzene rings is 8. The third-order valence-electron chi connectivity index (χ3n) is 12.4. The third-order valence-corrected chi connectivity index (χ3v) is 12.4. The van der Waals surface area contributed by atoms with E-state index in [9.17, 15) is 0 Å². The Kier molecular flexibility index (Phi) is 7.20. The van der Waals surface area contributed by atoms with Crippen LogP contribution in [-0.4, -0.2) is 24.1 Å². The molecule has 0 spiro atoms. The van der Waals surface area contributed by atoms with Crippen molar-refractivity contribution in [2.24, 2.45) is 0 Å². The van der Waals surface area contributed by atoms with E-state index in [0.29, 0.717) is 17.6 Å². The van der Waals surface area contributed by atoms with E-state index in [-0.39, 0.29) is 5.41 Å². The Morgan fingerprint density at radius 1 is 0.390 bits per heavy atom. The maximum absolute atomic E-state index is 5.43. The molecule has 0 radical (unpaired) electrons. The smallest absolute Gasteiger partial charge is 0.238 e. The van der Waals surface area contributed by atoms with Crippen LogP contribution in [0.25, 0.3) is 100 Å². The minimum atomic E-state index is -0.162. The van der Waals surface area contributed by atoms with Gasteiger partial charge in [-0.2, -0.15) is 9.97 Å². The Labute approximate surface area is 341 Å². The van der Waals surface area contributed by atoms with E-state index >= 15 is 0 Å². The average molecular weight is 756 g/mol. The van der Waals surface area contributed by atoms with Gasteiger partial charge in [0.1, 0.15) is 0 Å². The maximum atomic E-state index is 5.43. The molecule has 0 bridgehead atoms. The highest BCUT2D eigenvalue weighted by Crippen LogP contribution is 2.52. The van der Waals surface area contributed by atoms with Crippen molar-refractivity contribution in [2.45, 2.75) is 19.3 Å². The fraction of sp³-hybridized carbons (Fsp3) is 0.0556. The van der Waals surface area contributed by atoms with Crippen molar-refractivity contribution in [3.8, 4) is 56.7 Å². The molecule has 0 amide bonds. The van der Waals surface area contributed by atoms with Crippen LogP contribution in [0.5, 0.6) is 0 Å². The summed E-state index contributed by atoms with van der Waals surface area (Å²) in [5, 5.41) is 4.79. The topological polar surface area (TPSA) is 48.5 Å². The second kappa shape index (κ2) is 12.7. The summed E-state index contributed by atoms with van der Waals surface area (Å²) in [6.07, 6.45) is 0. The monoisotopic (exact) mass is 755 g/mol. The van der Waals surface area contributed by atoms with Crippen molar-refractivity contribution in [1.29, 1.82) is 0 Å². The van der Waals surface area contributed by atoms with Crippen LogP contribution in [0.3, 0.4) is 0 Å². The van der Waals surface area contributed by atoms with Crippen LogP contribution < -0.4 is 0 Å². The van der Waals surface area contributed by atoms with Crippen LogP contribution in [0.2, 0.25) is 0 Å². The number of para-hydroxylation sites is 3. The van der Waals surface area contributed by atoms with Crippen LogP contribution in [0.15, 0.2) is 188 Å². The largest absolute Gasteiger partial charge is 0.309 e. The molecule has 5 nitrogen and oxygen atoms in total. The van der Waals surface area contributed by atoms with Crippen molar-refractivity contribution in [3.05, 3.63) is 199 Å². The molecular formula is C54H37N5. The molecule has 59 heavy (non-hydrogen) atoms. The zero-order chi connectivity index (χ0) is 39.2. The second-order valence-electron chi connectivity index (χ2n) is 16.1. The van der Waals surface area contributed by atoms with Gasteiger partial charge in [-0.1, -0.05) is 172 Å². The summed E-state index contributed by atoms with van der Waals surface area (Å²) in [7, 11) is 0. The number of fused-ring (bicyclic) bond motifs is 10. The SMILES string of the molecule is CC1(C)c2ccccc2-c2c1ccc1c3ccccc3n(-c3nc(-c4ccc(-c5ccccc5)cc4)nc(-c4cccc(-n5c6ccccc6c6ccccc65)c4)n3)c21. The molecule has 0 unspecified atom stereocenters. The van der Waals surface area contributed by atoms with Gasteiger partial charge in [0, 0.05) is 49.3 Å². The first-order valence-electron chi connectivity index (χ1n) is 20.2. The van der Waals surface area contributed by atoms with Crippen molar-refractivity contribution in [1.82, 2.24) is 24.1 Å². The number of aromatic nitrogens is 5.